The number of nitrogens with zero attached hydrogens (tertiary/aromatic N) is 3. The van der Waals surface area contributed by atoms with E-state index in [1.807, 2.05) is 20.8 Å². The summed E-state index contributed by atoms with van der Waals surface area (Å²) in [4.78, 5) is 14.1. The lowest BCUT2D eigenvalue weighted by molar-refractivity contribution is -0.0802. The van der Waals surface area contributed by atoms with Crippen molar-refractivity contribution in [1.29, 1.82) is 0 Å². The molecule has 0 N–H and O–H groups in total. The van der Waals surface area contributed by atoms with Gasteiger partial charge in [-0.15, -0.1) is 10.2 Å². The fourth-order valence-electron chi connectivity index (χ4n) is 3.54. The van der Waals surface area contributed by atoms with Gasteiger partial charge in [-0.25, -0.2) is 9.18 Å². The average Bonchev–Trinajstić information content (AvgIpc) is 2.52. The van der Waals surface area contributed by atoms with E-state index in [-0.39, 0.29) is 17.1 Å². The summed E-state index contributed by atoms with van der Waals surface area (Å²) >= 11 is 5.71. The number of hydrogen-bond acceptors (Lipinski definition) is 5. The van der Waals surface area contributed by atoms with Gasteiger partial charge in [-0.05, 0) is 46.1 Å². The van der Waals surface area contributed by atoms with Gasteiger partial charge in [0.2, 0.25) is 5.88 Å². The maximum Gasteiger partial charge on any atom is 0.410 e. The number of aromatic nitrogens is 2. The molecule has 2 aliphatic heterocycles. The SMILES string of the molecule is CC(C)(C)OC(=O)N1C2CCCC1[C@@H](F)[C@@H](Oc1ccc(Cl)nn1)C2. The van der Waals surface area contributed by atoms with Crippen molar-refractivity contribution < 1.29 is 18.7 Å². The van der Waals surface area contributed by atoms with E-state index >= 15 is 4.39 Å². The van der Waals surface area contributed by atoms with E-state index in [1.165, 1.54) is 0 Å². The van der Waals surface area contributed by atoms with E-state index in [4.69, 9.17) is 21.1 Å². The largest absolute Gasteiger partial charge is 0.470 e. The predicted octanol–water partition coefficient (Wildman–Crippen LogP) is 3.78. The highest BCUT2D eigenvalue weighted by atomic mass is 35.5. The number of fused-ring (bicyclic) bond motifs is 2. The number of rotatable bonds is 2. The molecule has 1 aromatic rings. The Balaban J connectivity index is 1.74. The maximum absolute atomic E-state index is 15.1. The second kappa shape index (κ2) is 6.94. The molecule has 8 heteroatoms. The van der Waals surface area contributed by atoms with Crippen LogP contribution in [-0.2, 0) is 4.74 Å². The van der Waals surface area contributed by atoms with Crippen molar-refractivity contribution in [3.05, 3.63) is 17.3 Å². The average molecular weight is 372 g/mol. The monoisotopic (exact) mass is 371 g/mol. The van der Waals surface area contributed by atoms with Gasteiger partial charge in [0.15, 0.2) is 11.3 Å². The zero-order valence-electron chi connectivity index (χ0n) is 14.6. The van der Waals surface area contributed by atoms with Crippen LogP contribution in [0.1, 0.15) is 46.5 Å². The Bertz CT molecular complexity index is 623. The maximum atomic E-state index is 15.1. The van der Waals surface area contributed by atoms with Crippen LogP contribution in [0, 0.1) is 0 Å². The van der Waals surface area contributed by atoms with Gasteiger partial charge in [0.1, 0.15) is 11.7 Å². The van der Waals surface area contributed by atoms with Crippen LogP contribution in [0.5, 0.6) is 5.88 Å². The van der Waals surface area contributed by atoms with E-state index in [9.17, 15) is 4.79 Å². The molecule has 6 nitrogen and oxygen atoms in total. The van der Waals surface area contributed by atoms with Crippen molar-refractivity contribution >= 4 is 17.7 Å². The summed E-state index contributed by atoms with van der Waals surface area (Å²) in [6.45, 7) is 5.42. The number of piperidine rings is 2. The Kier molecular flexibility index (Phi) is 5.04. The minimum atomic E-state index is -1.30. The zero-order valence-corrected chi connectivity index (χ0v) is 15.4. The van der Waals surface area contributed by atoms with Crippen LogP contribution in [-0.4, -0.2) is 51.2 Å². The molecule has 25 heavy (non-hydrogen) atoms. The molecule has 2 unspecified atom stereocenters. The van der Waals surface area contributed by atoms with Crippen LogP contribution in [0.3, 0.4) is 0 Å². The van der Waals surface area contributed by atoms with E-state index < -0.39 is 30.0 Å². The lowest BCUT2D eigenvalue weighted by Gasteiger charge is -2.49. The van der Waals surface area contributed by atoms with Gasteiger partial charge >= 0.3 is 6.09 Å². The fourth-order valence-corrected chi connectivity index (χ4v) is 3.64. The normalized spacial score (nSPS) is 29.2. The molecule has 2 bridgehead atoms. The molecule has 3 heterocycles. The number of amides is 1. The molecule has 0 aromatic carbocycles. The second-order valence-electron chi connectivity index (χ2n) is 7.57. The van der Waals surface area contributed by atoms with Crippen LogP contribution in [0.4, 0.5) is 9.18 Å². The molecule has 3 rings (SSSR count). The van der Waals surface area contributed by atoms with Gasteiger partial charge in [0.25, 0.3) is 0 Å². The van der Waals surface area contributed by atoms with Gasteiger partial charge in [-0.1, -0.05) is 11.6 Å². The minimum absolute atomic E-state index is 0.0918. The summed E-state index contributed by atoms with van der Waals surface area (Å²) < 4.78 is 26.3. The van der Waals surface area contributed by atoms with Gasteiger partial charge in [-0.2, -0.15) is 0 Å². The van der Waals surface area contributed by atoms with Crippen molar-refractivity contribution in [2.45, 2.75) is 76.4 Å². The number of carbonyl (C=O) groups is 1. The van der Waals surface area contributed by atoms with Gasteiger partial charge in [-0.3, -0.25) is 4.90 Å². The van der Waals surface area contributed by atoms with E-state index in [1.54, 1.807) is 17.0 Å². The Morgan fingerprint density at radius 1 is 1.32 bits per heavy atom. The van der Waals surface area contributed by atoms with Crippen LogP contribution in [0.25, 0.3) is 0 Å². The molecule has 0 radical (unpaired) electrons. The third-order valence-electron chi connectivity index (χ3n) is 4.50. The highest BCUT2D eigenvalue weighted by Crippen LogP contribution is 2.38. The van der Waals surface area contributed by atoms with E-state index in [2.05, 4.69) is 10.2 Å². The first-order valence-corrected chi connectivity index (χ1v) is 8.93. The minimum Gasteiger partial charge on any atom is -0.470 e. The smallest absolute Gasteiger partial charge is 0.410 e. The van der Waals surface area contributed by atoms with Crippen molar-refractivity contribution in [3.63, 3.8) is 0 Å². The van der Waals surface area contributed by atoms with Crippen LogP contribution in [0.15, 0.2) is 12.1 Å². The van der Waals surface area contributed by atoms with Crippen LogP contribution >= 0.6 is 11.6 Å². The van der Waals surface area contributed by atoms with Gasteiger partial charge < -0.3 is 9.47 Å². The first-order valence-electron chi connectivity index (χ1n) is 8.56. The first-order chi connectivity index (χ1) is 11.7. The predicted molar refractivity (Wildman–Crippen MR) is 90.5 cm³/mol. The summed E-state index contributed by atoms with van der Waals surface area (Å²) in [5.41, 5.74) is -0.608. The van der Waals surface area contributed by atoms with Crippen molar-refractivity contribution in [1.82, 2.24) is 15.1 Å². The third-order valence-corrected chi connectivity index (χ3v) is 4.70. The highest BCUT2D eigenvalue weighted by Gasteiger charge is 2.49. The first kappa shape index (κ1) is 18.2. The zero-order chi connectivity index (χ0) is 18.2. The Labute approximate surface area is 151 Å². The molecule has 0 spiro atoms. The number of halogens is 2. The molecular formula is C17H23ClFN3O3. The summed E-state index contributed by atoms with van der Waals surface area (Å²) in [6, 6.07) is 2.49. The van der Waals surface area contributed by atoms with Gasteiger partial charge in [0.05, 0.1) is 6.04 Å². The number of ether oxygens (including phenoxy) is 2. The summed E-state index contributed by atoms with van der Waals surface area (Å²) in [5, 5.41) is 7.79. The fraction of sp³-hybridized carbons (Fsp3) is 0.706. The van der Waals surface area contributed by atoms with E-state index in [0.29, 0.717) is 12.8 Å². The standard InChI is InChI=1S/C17H23ClFN3O3/c1-17(2,3)25-16(23)22-10-5-4-6-11(22)15(19)12(9-10)24-14-8-7-13(18)20-21-14/h7-8,10-12,15H,4-6,9H2,1-3H3/t10?,11?,12-,15+/m0/s1. The third kappa shape index (κ3) is 4.14. The number of alkyl halides is 1. The van der Waals surface area contributed by atoms with Crippen molar-refractivity contribution in [3.8, 4) is 5.88 Å². The molecule has 1 amide bonds. The van der Waals surface area contributed by atoms with Crippen molar-refractivity contribution in [2.75, 3.05) is 0 Å². The lowest BCUT2D eigenvalue weighted by atomic mass is 9.82. The quantitative estimate of drug-likeness (QED) is 0.791. The Morgan fingerprint density at radius 3 is 2.72 bits per heavy atom. The summed E-state index contributed by atoms with van der Waals surface area (Å²) in [5.74, 6) is 0.237. The Morgan fingerprint density at radius 2 is 2.08 bits per heavy atom. The molecule has 2 aliphatic rings. The molecule has 0 aliphatic carbocycles. The number of carbonyl (C=O) groups excluding carboxylic acids is 1. The second-order valence-corrected chi connectivity index (χ2v) is 7.96. The topological polar surface area (TPSA) is 64.5 Å². The molecule has 138 valence electrons. The molecule has 2 saturated heterocycles. The van der Waals surface area contributed by atoms with E-state index in [0.717, 1.165) is 12.8 Å². The highest BCUT2D eigenvalue weighted by molar-refractivity contribution is 6.29. The van der Waals surface area contributed by atoms with Gasteiger partial charge in [0, 0.05) is 18.5 Å². The summed E-state index contributed by atoms with van der Waals surface area (Å²) in [6.07, 6.45) is 0.294. The lowest BCUT2D eigenvalue weighted by Crippen LogP contribution is -2.63. The Hall–Kier alpha value is -1.63. The van der Waals surface area contributed by atoms with Crippen LogP contribution < -0.4 is 4.74 Å². The molecular weight excluding hydrogens is 349 g/mol. The van der Waals surface area contributed by atoms with Crippen molar-refractivity contribution in [2.24, 2.45) is 0 Å². The molecule has 1 aromatic heterocycles. The number of hydrogen-bond donors (Lipinski definition) is 0. The molecule has 4 atom stereocenters. The molecule has 2 fully saturated rings. The molecule has 0 saturated carbocycles. The summed E-state index contributed by atoms with van der Waals surface area (Å²) in [7, 11) is 0. The van der Waals surface area contributed by atoms with Crippen LogP contribution in [0.2, 0.25) is 5.15 Å².